The van der Waals surface area contributed by atoms with E-state index in [1.807, 2.05) is 0 Å². The van der Waals surface area contributed by atoms with Crippen molar-refractivity contribution in [1.82, 2.24) is 5.32 Å². The first kappa shape index (κ1) is 11.4. The molecule has 4 N–H and O–H groups in total. The minimum absolute atomic E-state index is 0.132. The molecule has 0 heterocycles. The van der Waals surface area contributed by atoms with Gasteiger partial charge in [-0.25, -0.2) is 4.79 Å². The number of aromatic carboxylic acids is 1. The molecule has 0 amide bonds. The van der Waals surface area contributed by atoms with Crippen LogP contribution in [0.4, 0.5) is 5.69 Å². The van der Waals surface area contributed by atoms with Gasteiger partial charge in [-0.3, -0.25) is 0 Å². The number of anilines is 1. The lowest BCUT2D eigenvalue weighted by Gasteiger charge is -2.13. The highest BCUT2D eigenvalue weighted by atomic mass is 35.5. The van der Waals surface area contributed by atoms with Crippen molar-refractivity contribution in [3.63, 3.8) is 0 Å². The van der Waals surface area contributed by atoms with Gasteiger partial charge in [0.05, 0.1) is 22.6 Å². The Bertz CT molecular complexity index is 1450. The number of benzene rings is 3. The number of hydrogen-bond acceptors (Lipinski definition) is 4. The number of halogens is 1. The maximum atomic E-state index is 11.6. The van der Waals surface area contributed by atoms with E-state index in [0.29, 0.717) is 5.02 Å². The Balaban J connectivity index is 1.94. The van der Waals surface area contributed by atoms with Gasteiger partial charge in [-0.2, -0.15) is 0 Å². The average Bonchev–Trinajstić information content (AvgIpc) is 2.87. The molecule has 0 unspecified atom stereocenters. The number of hydrogen-bond donors (Lipinski definition) is 4. The van der Waals surface area contributed by atoms with Gasteiger partial charge >= 0.3 is 5.97 Å². The van der Waals surface area contributed by atoms with E-state index in [9.17, 15) is 15.0 Å². The van der Waals surface area contributed by atoms with E-state index in [1.54, 1.807) is 12.1 Å². The second-order valence-corrected chi connectivity index (χ2v) is 6.20. The Kier molecular flexibility index (Phi) is 3.94. The molecule has 0 fully saturated rings. The summed E-state index contributed by atoms with van der Waals surface area (Å²) in [5.74, 6) is -1.71. The first-order valence-electron chi connectivity index (χ1n) is 13.5. The van der Waals surface area contributed by atoms with Crippen LogP contribution in [-0.2, 0) is 0 Å². The molecule has 0 spiro atoms. The lowest BCUT2D eigenvalue weighted by Crippen LogP contribution is -2.26. The predicted molar refractivity (Wildman–Crippen MR) is 117 cm³/mol. The lowest BCUT2D eigenvalue weighted by molar-refractivity contribution is 0.0697. The number of carboxylic acid groups (broad SMARTS) is 1. The van der Waals surface area contributed by atoms with Crippen molar-refractivity contribution in [3.8, 4) is 11.1 Å². The first-order chi connectivity index (χ1) is 18.1. The van der Waals surface area contributed by atoms with Gasteiger partial charge in [0.25, 0.3) is 0 Å². The van der Waals surface area contributed by atoms with Gasteiger partial charge in [0.2, 0.25) is 0 Å². The molecule has 0 aliphatic rings. The summed E-state index contributed by atoms with van der Waals surface area (Å²) < 4.78 is 81.7. The van der Waals surface area contributed by atoms with Gasteiger partial charge < -0.3 is 20.8 Å². The second-order valence-electron chi connectivity index (χ2n) is 5.76. The first-order valence-corrected chi connectivity index (χ1v) is 8.86. The van der Waals surface area contributed by atoms with Crippen molar-refractivity contribution in [2.75, 3.05) is 24.9 Å². The highest BCUT2D eigenvalue weighted by molar-refractivity contribution is 6.30. The summed E-state index contributed by atoms with van der Waals surface area (Å²) in [6.45, 7) is -2.59. The maximum absolute atomic E-state index is 11.6. The SMILES string of the molecule is [2H]c1c([2H])c(NCCNC([2H])([2H])[C@H](O)c2cccc(Cl)c2)c([2H])c(-c2c([2H])c([2H])c([2H])c(C(=O)O)c2[2H])c1[2H]. The summed E-state index contributed by atoms with van der Waals surface area (Å²) in [5.41, 5.74) is -2.09. The molecule has 0 bridgehead atoms. The Morgan fingerprint density at radius 1 is 1.14 bits per heavy atom. The van der Waals surface area contributed by atoms with E-state index in [4.69, 9.17) is 25.3 Å². The molecule has 29 heavy (non-hydrogen) atoms. The van der Waals surface area contributed by atoms with Crippen LogP contribution in [0.15, 0.2) is 72.6 Å². The van der Waals surface area contributed by atoms with Gasteiger partial charge in [0, 0.05) is 33.0 Å². The number of rotatable bonds is 9. The molecule has 0 aromatic heterocycles. The molecule has 0 saturated carbocycles. The van der Waals surface area contributed by atoms with Crippen LogP contribution in [0.5, 0.6) is 0 Å². The minimum atomic E-state index is -2.31. The molecule has 3 aromatic carbocycles. The van der Waals surface area contributed by atoms with Crippen LogP contribution in [0, 0.1) is 0 Å². The molecule has 6 heteroatoms. The minimum Gasteiger partial charge on any atom is -0.478 e. The standard InChI is InChI=1S/C23H23ClN2O3/c24-20-8-2-6-18(13-20)22(27)15-25-10-11-26-21-9-3-5-17(14-21)16-4-1-7-19(12-16)23(28)29/h1-9,12-14,22,25-27H,10-11,15H2,(H,28,29)/t22-/m0/s1/i1D,3D,4D,5D,7D,9D,12D,14D,15D2. The lowest BCUT2D eigenvalue weighted by atomic mass is 10.0. The summed E-state index contributed by atoms with van der Waals surface area (Å²) in [4.78, 5) is 11.6. The molecule has 1 atom stereocenters. The fraction of sp³-hybridized carbons (Fsp3) is 0.174. The third kappa shape index (κ3) is 6.06. The van der Waals surface area contributed by atoms with E-state index in [1.165, 1.54) is 12.1 Å². The molecule has 3 aromatic rings. The van der Waals surface area contributed by atoms with Crippen LogP contribution in [0.25, 0.3) is 11.1 Å². The van der Waals surface area contributed by atoms with Crippen molar-refractivity contribution in [1.29, 1.82) is 0 Å². The summed E-state index contributed by atoms with van der Waals surface area (Å²) in [6.07, 6.45) is -1.59. The van der Waals surface area contributed by atoms with Gasteiger partial charge in [-0.05, 0) is 53.0 Å². The number of aliphatic hydroxyl groups excluding tert-OH is 1. The Morgan fingerprint density at radius 2 is 1.90 bits per heavy atom. The molecule has 0 aliphatic carbocycles. The van der Waals surface area contributed by atoms with Crippen molar-refractivity contribution < 1.29 is 28.7 Å². The molecule has 3 rings (SSSR count). The second kappa shape index (κ2) is 10.1. The Hall–Kier alpha value is -2.86. The van der Waals surface area contributed by atoms with Gasteiger partial charge in [0.1, 0.15) is 0 Å². The number of aliphatic hydroxyl groups is 1. The van der Waals surface area contributed by atoms with Crippen molar-refractivity contribution >= 4 is 23.3 Å². The quantitative estimate of drug-likeness (QED) is 0.385. The molecule has 150 valence electrons. The zero-order chi connectivity index (χ0) is 29.4. The molecule has 5 nitrogen and oxygen atoms in total. The van der Waals surface area contributed by atoms with E-state index < -0.39 is 83.6 Å². The molecular formula is C23H23ClN2O3. The predicted octanol–water partition coefficient (Wildman–Crippen LogP) is 4.44. The van der Waals surface area contributed by atoms with Crippen LogP contribution in [0.1, 0.15) is 35.7 Å². The topological polar surface area (TPSA) is 81.6 Å². The summed E-state index contributed by atoms with van der Waals surface area (Å²) in [6, 6.07) is 0.0716. The van der Waals surface area contributed by atoms with Gasteiger partial charge in [-0.15, -0.1) is 0 Å². The maximum Gasteiger partial charge on any atom is 0.335 e. The monoisotopic (exact) mass is 420 g/mol. The van der Waals surface area contributed by atoms with Crippen LogP contribution in [0.2, 0.25) is 5.02 Å². The van der Waals surface area contributed by atoms with E-state index in [0.717, 1.165) is 0 Å². The number of carbonyl (C=O) groups is 1. The third-order valence-electron chi connectivity index (χ3n) is 3.67. The van der Waals surface area contributed by atoms with Crippen molar-refractivity contribution in [3.05, 3.63) is 88.8 Å². The summed E-state index contributed by atoms with van der Waals surface area (Å²) in [5, 5.41) is 25.4. The Morgan fingerprint density at radius 3 is 2.66 bits per heavy atom. The largest absolute Gasteiger partial charge is 0.478 e. The molecule has 0 saturated heterocycles. The Labute approximate surface area is 189 Å². The molecule has 0 radical (unpaired) electrons. The van der Waals surface area contributed by atoms with Crippen LogP contribution in [-0.4, -0.2) is 35.8 Å². The van der Waals surface area contributed by atoms with E-state index >= 15 is 0 Å². The van der Waals surface area contributed by atoms with Crippen LogP contribution >= 0.6 is 11.6 Å². The van der Waals surface area contributed by atoms with Gasteiger partial charge in [-0.1, -0.05) is 47.9 Å². The van der Waals surface area contributed by atoms with E-state index in [2.05, 4.69) is 10.6 Å². The summed E-state index contributed by atoms with van der Waals surface area (Å²) >= 11 is 5.90. The fourth-order valence-electron chi connectivity index (χ4n) is 2.31. The number of carboxylic acids is 1. The zero-order valence-electron chi connectivity index (χ0n) is 25.0. The van der Waals surface area contributed by atoms with Crippen LogP contribution in [0.3, 0.4) is 0 Å². The third-order valence-corrected chi connectivity index (χ3v) is 3.90. The molecular weight excluding hydrogens is 388 g/mol. The zero-order valence-corrected chi connectivity index (χ0v) is 15.7. The van der Waals surface area contributed by atoms with Crippen molar-refractivity contribution in [2.45, 2.75) is 6.10 Å². The average molecular weight is 421 g/mol. The number of nitrogens with one attached hydrogen (secondary N) is 2. The van der Waals surface area contributed by atoms with Crippen LogP contribution < -0.4 is 10.6 Å². The molecule has 0 aliphatic heterocycles. The highest BCUT2D eigenvalue weighted by Gasteiger charge is 2.07. The fourth-order valence-corrected chi connectivity index (χ4v) is 2.51. The normalized spacial score (nSPS) is 17.2. The van der Waals surface area contributed by atoms with E-state index in [-0.39, 0.29) is 24.3 Å². The highest BCUT2D eigenvalue weighted by Crippen LogP contribution is 2.23. The van der Waals surface area contributed by atoms with Crippen molar-refractivity contribution in [2.24, 2.45) is 0 Å². The van der Waals surface area contributed by atoms with Gasteiger partial charge in [0.15, 0.2) is 0 Å². The summed E-state index contributed by atoms with van der Waals surface area (Å²) in [7, 11) is 0. The smallest absolute Gasteiger partial charge is 0.335 e.